The molecule has 0 saturated carbocycles. The molecule has 1 aromatic carbocycles. The summed E-state index contributed by atoms with van der Waals surface area (Å²) in [7, 11) is 0. The van der Waals surface area contributed by atoms with Crippen LogP contribution in [-0.4, -0.2) is 14.6 Å². The molecule has 0 saturated heterocycles. The van der Waals surface area contributed by atoms with Crippen LogP contribution in [0.15, 0.2) is 59.8 Å². The van der Waals surface area contributed by atoms with E-state index in [9.17, 15) is 9.18 Å². The van der Waals surface area contributed by atoms with E-state index in [-0.39, 0.29) is 11.4 Å². The molecular weight excluding hydrogens is 269 g/mol. The summed E-state index contributed by atoms with van der Waals surface area (Å²) in [6, 6.07) is 9.91. The highest BCUT2D eigenvalue weighted by Crippen LogP contribution is 2.27. The van der Waals surface area contributed by atoms with Gasteiger partial charge in [0.2, 0.25) is 0 Å². The lowest BCUT2D eigenvalue weighted by Crippen LogP contribution is -2.06. The summed E-state index contributed by atoms with van der Waals surface area (Å²) in [5.74, 6) is -0.361. The van der Waals surface area contributed by atoms with Crippen LogP contribution in [-0.2, 0) is 0 Å². The van der Waals surface area contributed by atoms with Crippen LogP contribution in [0.4, 0.5) is 4.39 Å². The summed E-state index contributed by atoms with van der Waals surface area (Å²) in [5.41, 5.74) is 2.39. The van der Waals surface area contributed by atoms with E-state index >= 15 is 0 Å². The molecule has 5 heteroatoms. The molecule has 0 radical (unpaired) electrons. The number of benzene rings is 1. The minimum absolute atomic E-state index is 0.223. The highest BCUT2D eigenvalue weighted by molar-refractivity contribution is 5.96. The number of aromatic amines is 1. The Morgan fingerprint density at radius 2 is 2.00 bits per heavy atom. The summed E-state index contributed by atoms with van der Waals surface area (Å²) in [6.45, 7) is 0. The Kier molecular flexibility index (Phi) is 2.41. The smallest absolute Gasteiger partial charge is 0.255 e. The van der Waals surface area contributed by atoms with Gasteiger partial charge < -0.3 is 4.98 Å². The number of nitrogens with zero attached hydrogens (tertiary/aromatic N) is 2. The van der Waals surface area contributed by atoms with Crippen molar-refractivity contribution in [3.05, 3.63) is 71.2 Å². The summed E-state index contributed by atoms with van der Waals surface area (Å²) in [4.78, 5) is 14.6. The van der Waals surface area contributed by atoms with Crippen LogP contribution in [0.2, 0.25) is 0 Å². The summed E-state index contributed by atoms with van der Waals surface area (Å²) in [5, 5.41) is 5.22. The van der Waals surface area contributed by atoms with Gasteiger partial charge in [-0.25, -0.2) is 8.91 Å². The van der Waals surface area contributed by atoms with Crippen LogP contribution in [0.3, 0.4) is 0 Å². The van der Waals surface area contributed by atoms with Crippen molar-refractivity contribution in [2.24, 2.45) is 0 Å². The highest BCUT2D eigenvalue weighted by Gasteiger charge is 2.09. The first-order chi connectivity index (χ1) is 10.2. The lowest BCUT2D eigenvalue weighted by Gasteiger charge is -2.07. The van der Waals surface area contributed by atoms with Gasteiger partial charge in [-0.15, -0.1) is 0 Å². The number of hydrogen-bond acceptors (Lipinski definition) is 2. The Hall–Kier alpha value is -2.95. The van der Waals surface area contributed by atoms with Crippen LogP contribution >= 0.6 is 0 Å². The maximum atomic E-state index is 13.5. The van der Waals surface area contributed by atoms with Crippen LogP contribution in [0.25, 0.3) is 27.4 Å². The van der Waals surface area contributed by atoms with Gasteiger partial charge in [-0.1, -0.05) is 0 Å². The largest absolute Gasteiger partial charge is 0.328 e. The molecule has 4 aromatic rings. The molecule has 3 aromatic heterocycles. The number of H-pyrrole nitrogens is 1. The minimum Gasteiger partial charge on any atom is -0.328 e. The maximum absolute atomic E-state index is 13.5. The number of pyridine rings is 2. The Balaban J connectivity index is 2.07. The normalized spacial score (nSPS) is 11.3. The third kappa shape index (κ3) is 1.82. The molecule has 4 nitrogen and oxygen atoms in total. The first-order valence-electron chi connectivity index (χ1n) is 6.47. The van der Waals surface area contributed by atoms with Crippen molar-refractivity contribution in [2.75, 3.05) is 0 Å². The second-order valence-electron chi connectivity index (χ2n) is 4.84. The predicted octanol–water partition coefficient (Wildman–Crippen LogP) is 2.98. The van der Waals surface area contributed by atoms with E-state index in [1.165, 1.54) is 18.2 Å². The van der Waals surface area contributed by atoms with Gasteiger partial charge in [0, 0.05) is 29.5 Å². The monoisotopic (exact) mass is 279 g/mol. The molecule has 4 rings (SSSR count). The number of halogens is 1. The van der Waals surface area contributed by atoms with E-state index in [4.69, 9.17) is 0 Å². The second kappa shape index (κ2) is 4.28. The topological polar surface area (TPSA) is 50.2 Å². The lowest BCUT2D eigenvalue weighted by atomic mass is 10.0. The van der Waals surface area contributed by atoms with Crippen LogP contribution in [0.1, 0.15) is 0 Å². The SMILES string of the molecule is O=c1[nH]cc(-c2ccn3nccc3c2)c2cc(F)ccc12. The molecule has 0 spiro atoms. The number of rotatable bonds is 1. The lowest BCUT2D eigenvalue weighted by molar-refractivity contribution is 0.629. The second-order valence-corrected chi connectivity index (χ2v) is 4.84. The molecule has 0 fully saturated rings. The fourth-order valence-corrected chi connectivity index (χ4v) is 2.56. The fourth-order valence-electron chi connectivity index (χ4n) is 2.56. The Morgan fingerprint density at radius 1 is 1.10 bits per heavy atom. The zero-order chi connectivity index (χ0) is 14.4. The van der Waals surface area contributed by atoms with Gasteiger partial charge in [0.1, 0.15) is 5.82 Å². The van der Waals surface area contributed by atoms with E-state index in [1.54, 1.807) is 16.9 Å². The molecule has 102 valence electrons. The highest BCUT2D eigenvalue weighted by atomic mass is 19.1. The fraction of sp³-hybridized carbons (Fsp3) is 0. The molecule has 21 heavy (non-hydrogen) atoms. The molecule has 3 heterocycles. The molecule has 0 aliphatic heterocycles. The van der Waals surface area contributed by atoms with E-state index in [2.05, 4.69) is 10.1 Å². The predicted molar refractivity (Wildman–Crippen MR) is 78.7 cm³/mol. The van der Waals surface area contributed by atoms with Crippen molar-refractivity contribution in [3.8, 4) is 11.1 Å². The van der Waals surface area contributed by atoms with Crippen molar-refractivity contribution in [1.29, 1.82) is 0 Å². The van der Waals surface area contributed by atoms with Crippen LogP contribution in [0.5, 0.6) is 0 Å². The number of nitrogens with one attached hydrogen (secondary N) is 1. The van der Waals surface area contributed by atoms with Gasteiger partial charge in [0.25, 0.3) is 5.56 Å². The quantitative estimate of drug-likeness (QED) is 0.582. The van der Waals surface area contributed by atoms with E-state index < -0.39 is 0 Å². The van der Waals surface area contributed by atoms with Gasteiger partial charge in [-0.3, -0.25) is 4.79 Å². The first kappa shape index (κ1) is 11.8. The van der Waals surface area contributed by atoms with E-state index in [1.807, 2.05) is 24.4 Å². The Bertz CT molecular complexity index is 1030. The van der Waals surface area contributed by atoms with Gasteiger partial charge in [-0.2, -0.15) is 5.10 Å². The standard InChI is InChI=1S/C16H10FN3O/c17-11-1-2-13-14(8-11)15(9-18-16(13)21)10-4-6-20-12(7-10)3-5-19-20/h1-9H,(H,18,21). The first-order valence-corrected chi connectivity index (χ1v) is 6.47. The van der Waals surface area contributed by atoms with Gasteiger partial charge in [-0.05, 0) is 47.3 Å². The molecule has 0 aliphatic carbocycles. The summed E-state index contributed by atoms with van der Waals surface area (Å²) in [6.07, 6.45) is 5.16. The zero-order valence-corrected chi connectivity index (χ0v) is 10.9. The Morgan fingerprint density at radius 3 is 2.90 bits per heavy atom. The summed E-state index contributed by atoms with van der Waals surface area (Å²) >= 11 is 0. The van der Waals surface area contributed by atoms with E-state index in [0.717, 1.165) is 16.6 Å². The van der Waals surface area contributed by atoms with Crippen LogP contribution < -0.4 is 5.56 Å². The minimum atomic E-state index is -0.361. The molecule has 0 atom stereocenters. The third-order valence-electron chi connectivity index (χ3n) is 3.57. The van der Waals surface area contributed by atoms with Crippen molar-refractivity contribution in [1.82, 2.24) is 14.6 Å². The average Bonchev–Trinajstić information content (AvgIpc) is 2.95. The van der Waals surface area contributed by atoms with Crippen molar-refractivity contribution < 1.29 is 4.39 Å². The molecular formula is C16H10FN3O. The molecule has 0 unspecified atom stereocenters. The van der Waals surface area contributed by atoms with Gasteiger partial charge in [0.15, 0.2) is 0 Å². The van der Waals surface area contributed by atoms with Gasteiger partial charge >= 0.3 is 0 Å². The summed E-state index contributed by atoms with van der Waals surface area (Å²) < 4.78 is 15.3. The molecule has 0 aliphatic rings. The zero-order valence-electron chi connectivity index (χ0n) is 10.9. The van der Waals surface area contributed by atoms with Gasteiger partial charge in [0.05, 0.1) is 5.52 Å². The van der Waals surface area contributed by atoms with E-state index in [0.29, 0.717) is 10.8 Å². The van der Waals surface area contributed by atoms with Crippen molar-refractivity contribution >= 4 is 16.3 Å². The molecule has 0 amide bonds. The van der Waals surface area contributed by atoms with Crippen molar-refractivity contribution in [2.45, 2.75) is 0 Å². The number of hydrogen-bond donors (Lipinski definition) is 1. The number of aromatic nitrogens is 3. The molecule has 1 N–H and O–H groups in total. The maximum Gasteiger partial charge on any atom is 0.255 e. The Labute approximate surface area is 118 Å². The van der Waals surface area contributed by atoms with Crippen molar-refractivity contribution in [3.63, 3.8) is 0 Å². The molecule has 0 bridgehead atoms. The average molecular weight is 279 g/mol. The number of fused-ring (bicyclic) bond motifs is 2. The third-order valence-corrected chi connectivity index (χ3v) is 3.57. The van der Waals surface area contributed by atoms with Crippen LogP contribution in [0, 0.1) is 5.82 Å².